The Kier molecular flexibility index (Phi) is 5.33. The fourth-order valence-electron chi connectivity index (χ4n) is 1.77. The third-order valence-electron chi connectivity index (χ3n) is 3.01. The molecule has 7 nitrogen and oxygen atoms in total. The number of hydrogen-bond acceptors (Lipinski definition) is 7. The number of rotatable bonds is 6. The van der Waals surface area contributed by atoms with Crippen molar-refractivity contribution in [2.24, 2.45) is 0 Å². The Bertz CT molecular complexity index is 814. The van der Waals surface area contributed by atoms with Crippen molar-refractivity contribution in [2.75, 3.05) is 20.7 Å². The summed E-state index contributed by atoms with van der Waals surface area (Å²) in [6, 6.07) is 4.47. The van der Waals surface area contributed by atoms with Crippen molar-refractivity contribution in [1.29, 1.82) is 0 Å². The highest BCUT2D eigenvalue weighted by Gasteiger charge is 2.21. The third kappa shape index (κ3) is 3.85. The molecule has 1 unspecified atom stereocenters. The van der Waals surface area contributed by atoms with E-state index in [4.69, 9.17) is 9.15 Å². The first-order chi connectivity index (χ1) is 10.8. The van der Waals surface area contributed by atoms with Crippen LogP contribution in [0, 0.1) is 0 Å². The quantitative estimate of drug-likeness (QED) is 0.577. The Morgan fingerprint density at radius 1 is 1.43 bits per heavy atom. The van der Waals surface area contributed by atoms with Crippen LogP contribution in [0.2, 0.25) is 0 Å². The van der Waals surface area contributed by atoms with Gasteiger partial charge in [0.05, 0.1) is 11.5 Å². The van der Waals surface area contributed by atoms with Crippen LogP contribution in [0.1, 0.15) is 13.8 Å². The summed E-state index contributed by atoms with van der Waals surface area (Å²) in [5.74, 6) is -0.351. The van der Waals surface area contributed by atoms with Crippen LogP contribution in [0.4, 0.5) is 0 Å². The van der Waals surface area contributed by atoms with Gasteiger partial charge >= 0.3 is 5.97 Å². The summed E-state index contributed by atoms with van der Waals surface area (Å²) in [4.78, 5) is 16.0. The van der Waals surface area contributed by atoms with E-state index >= 15 is 0 Å². The molecule has 0 aliphatic carbocycles. The predicted molar refractivity (Wildman–Crippen MR) is 86.8 cm³/mol. The lowest BCUT2D eigenvalue weighted by Gasteiger charge is -2.10. The van der Waals surface area contributed by atoms with Crippen molar-refractivity contribution in [2.45, 2.75) is 29.2 Å². The van der Waals surface area contributed by atoms with Crippen molar-refractivity contribution in [3.63, 3.8) is 0 Å². The fraction of sp³-hybridized carbons (Fsp3) is 0.429. The number of benzene rings is 1. The number of carbonyl (C=O) groups is 1. The molecule has 1 atom stereocenters. The second kappa shape index (κ2) is 6.90. The standard InChI is InChI=1S/C14H18N2O5S2/c1-5-20-13(17)9(2)22-14-15-11-8-10(6-7-12(11)21-14)23(18,19)16(3)4/h6-9H,5H2,1-4H3. The Balaban J connectivity index is 2.28. The molecule has 2 rings (SSSR count). The normalized spacial score (nSPS) is 13.4. The first kappa shape index (κ1) is 17.8. The zero-order valence-electron chi connectivity index (χ0n) is 13.3. The van der Waals surface area contributed by atoms with Gasteiger partial charge in [-0.1, -0.05) is 11.8 Å². The van der Waals surface area contributed by atoms with E-state index in [-0.39, 0.29) is 10.9 Å². The fourth-order valence-corrected chi connectivity index (χ4v) is 3.44. The lowest BCUT2D eigenvalue weighted by Crippen LogP contribution is -2.22. The first-order valence-electron chi connectivity index (χ1n) is 6.92. The van der Waals surface area contributed by atoms with Gasteiger partial charge in [0.25, 0.3) is 5.22 Å². The molecule has 9 heteroatoms. The monoisotopic (exact) mass is 358 g/mol. The molecular formula is C14H18N2O5S2. The molecule has 0 fully saturated rings. The van der Waals surface area contributed by atoms with E-state index in [1.54, 1.807) is 19.9 Å². The molecule has 0 aliphatic heterocycles. The van der Waals surface area contributed by atoms with Gasteiger partial charge in [0, 0.05) is 14.1 Å². The first-order valence-corrected chi connectivity index (χ1v) is 9.24. The maximum Gasteiger partial charge on any atom is 0.319 e. The second-order valence-electron chi connectivity index (χ2n) is 4.91. The minimum Gasteiger partial charge on any atom is -0.465 e. The van der Waals surface area contributed by atoms with Gasteiger partial charge in [0.15, 0.2) is 5.58 Å². The van der Waals surface area contributed by atoms with Crippen molar-refractivity contribution in [3.05, 3.63) is 18.2 Å². The molecule has 0 radical (unpaired) electrons. The Labute approximate surface area is 139 Å². The van der Waals surface area contributed by atoms with Crippen LogP contribution in [-0.2, 0) is 19.6 Å². The maximum atomic E-state index is 12.1. The van der Waals surface area contributed by atoms with Crippen molar-refractivity contribution < 1.29 is 22.4 Å². The van der Waals surface area contributed by atoms with Gasteiger partial charge in [0.1, 0.15) is 10.8 Å². The topological polar surface area (TPSA) is 89.7 Å². The van der Waals surface area contributed by atoms with E-state index in [0.717, 1.165) is 16.1 Å². The molecule has 1 heterocycles. The van der Waals surface area contributed by atoms with E-state index < -0.39 is 15.3 Å². The van der Waals surface area contributed by atoms with Crippen molar-refractivity contribution in [1.82, 2.24) is 9.29 Å². The predicted octanol–water partition coefficient (Wildman–Crippen LogP) is 2.12. The zero-order valence-corrected chi connectivity index (χ0v) is 14.9. The van der Waals surface area contributed by atoms with Gasteiger partial charge in [0.2, 0.25) is 10.0 Å². The average Bonchev–Trinajstić information content (AvgIpc) is 2.88. The molecule has 1 aromatic heterocycles. The summed E-state index contributed by atoms with van der Waals surface area (Å²) in [6.45, 7) is 3.74. The molecule has 1 aromatic carbocycles. The molecule has 0 aliphatic rings. The van der Waals surface area contributed by atoms with Gasteiger partial charge in [-0.3, -0.25) is 4.79 Å². The largest absolute Gasteiger partial charge is 0.465 e. The second-order valence-corrected chi connectivity index (χ2v) is 8.35. The molecule has 0 saturated heterocycles. The SMILES string of the molecule is CCOC(=O)C(C)Sc1nc2cc(S(=O)(=O)N(C)C)ccc2o1. The Morgan fingerprint density at radius 3 is 2.74 bits per heavy atom. The van der Waals surface area contributed by atoms with Crippen molar-refractivity contribution >= 4 is 38.9 Å². The van der Waals surface area contributed by atoms with Crippen LogP contribution in [0.25, 0.3) is 11.1 Å². The Morgan fingerprint density at radius 2 is 2.13 bits per heavy atom. The highest BCUT2D eigenvalue weighted by molar-refractivity contribution is 8.00. The molecule has 23 heavy (non-hydrogen) atoms. The summed E-state index contributed by atoms with van der Waals surface area (Å²) >= 11 is 1.12. The number of oxazole rings is 1. The van der Waals surface area contributed by atoms with Crippen LogP contribution < -0.4 is 0 Å². The third-order valence-corrected chi connectivity index (χ3v) is 5.75. The number of fused-ring (bicyclic) bond motifs is 1. The Hall–Kier alpha value is -1.58. The van der Waals surface area contributed by atoms with E-state index in [0.29, 0.717) is 22.9 Å². The van der Waals surface area contributed by atoms with Gasteiger partial charge < -0.3 is 9.15 Å². The van der Waals surface area contributed by atoms with Gasteiger partial charge in [-0.2, -0.15) is 0 Å². The van der Waals surface area contributed by atoms with Crippen LogP contribution in [0.5, 0.6) is 0 Å². The van der Waals surface area contributed by atoms with Crippen molar-refractivity contribution in [3.8, 4) is 0 Å². The zero-order chi connectivity index (χ0) is 17.2. The lowest BCUT2D eigenvalue weighted by molar-refractivity contribution is -0.142. The molecular weight excluding hydrogens is 340 g/mol. The number of nitrogens with zero attached hydrogens (tertiary/aromatic N) is 2. The number of esters is 1. The average molecular weight is 358 g/mol. The number of hydrogen-bond donors (Lipinski definition) is 0. The molecule has 0 saturated carbocycles. The molecule has 2 aromatic rings. The van der Waals surface area contributed by atoms with Crippen LogP contribution in [0.15, 0.2) is 32.7 Å². The summed E-state index contributed by atoms with van der Waals surface area (Å²) in [5, 5.41) is -0.173. The number of carbonyl (C=O) groups excluding carboxylic acids is 1. The van der Waals surface area contributed by atoms with Gasteiger partial charge in [-0.15, -0.1) is 0 Å². The smallest absolute Gasteiger partial charge is 0.319 e. The van der Waals surface area contributed by atoms with Gasteiger partial charge in [-0.25, -0.2) is 17.7 Å². The molecule has 0 spiro atoms. The van der Waals surface area contributed by atoms with E-state index in [1.807, 2.05) is 0 Å². The van der Waals surface area contributed by atoms with Gasteiger partial charge in [-0.05, 0) is 32.0 Å². The van der Waals surface area contributed by atoms with E-state index in [2.05, 4.69) is 4.98 Å². The number of aromatic nitrogens is 1. The number of sulfonamides is 1. The highest BCUT2D eigenvalue weighted by atomic mass is 32.2. The number of thioether (sulfide) groups is 1. The molecule has 0 N–H and O–H groups in total. The summed E-state index contributed by atoms with van der Waals surface area (Å²) < 4.78 is 35.8. The van der Waals surface area contributed by atoms with Crippen LogP contribution >= 0.6 is 11.8 Å². The molecule has 0 amide bonds. The maximum absolute atomic E-state index is 12.1. The summed E-state index contributed by atoms with van der Waals surface area (Å²) in [6.07, 6.45) is 0. The lowest BCUT2D eigenvalue weighted by atomic mass is 10.3. The minimum atomic E-state index is -3.53. The summed E-state index contributed by atoms with van der Waals surface area (Å²) in [7, 11) is -0.606. The van der Waals surface area contributed by atoms with E-state index in [9.17, 15) is 13.2 Å². The molecule has 0 bridgehead atoms. The highest BCUT2D eigenvalue weighted by Crippen LogP contribution is 2.28. The minimum absolute atomic E-state index is 0.137. The molecule has 126 valence electrons. The summed E-state index contributed by atoms with van der Waals surface area (Å²) in [5.41, 5.74) is 0.882. The van der Waals surface area contributed by atoms with Crippen LogP contribution in [0.3, 0.4) is 0 Å². The van der Waals surface area contributed by atoms with E-state index in [1.165, 1.54) is 26.2 Å². The van der Waals surface area contributed by atoms with Crippen LogP contribution in [-0.4, -0.2) is 49.6 Å². The number of ether oxygens (including phenoxy) is 1.